The normalized spacial score (nSPS) is 18.7. The van der Waals surface area contributed by atoms with Gasteiger partial charge in [-0.2, -0.15) is 0 Å². The van der Waals surface area contributed by atoms with Crippen LogP contribution in [0.3, 0.4) is 0 Å². The Labute approximate surface area is 144 Å². The van der Waals surface area contributed by atoms with Crippen LogP contribution in [0.15, 0.2) is 10.4 Å². The van der Waals surface area contributed by atoms with Crippen molar-refractivity contribution in [3.8, 4) is 0 Å². The maximum atomic E-state index is 4.73. The van der Waals surface area contributed by atoms with E-state index in [1.807, 2.05) is 0 Å². The van der Waals surface area contributed by atoms with Crippen molar-refractivity contribution in [1.29, 1.82) is 0 Å². The number of hydrogen-bond donors (Lipinski definition) is 2. The van der Waals surface area contributed by atoms with E-state index in [1.165, 1.54) is 31.4 Å². The van der Waals surface area contributed by atoms with Gasteiger partial charge in [0.25, 0.3) is 0 Å². The zero-order valence-electron chi connectivity index (χ0n) is 14.6. The second-order valence-electron chi connectivity index (χ2n) is 7.24. The molecule has 0 unspecified atom stereocenters. The van der Waals surface area contributed by atoms with Crippen LogP contribution < -0.4 is 10.6 Å². The van der Waals surface area contributed by atoms with Gasteiger partial charge in [-0.15, -0.1) is 11.3 Å². The standard InChI is InChI=1S/C18H30N4S/c1-4-19-18(20-9-15(13-5-6-13)14-7-8-14)21-10-17-22-16(11-23-17)12(2)3/h11-15H,4-10H2,1-3H3,(H2,19,20,21). The summed E-state index contributed by atoms with van der Waals surface area (Å²) in [6, 6.07) is 0. The number of nitrogens with zero attached hydrogens (tertiary/aromatic N) is 2. The van der Waals surface area contributed by atoms with Gasteiger partial charge in [-0.3, -0.25) is 0 Å². The number of rotatable bonds is 8. The van der Waals surface area contributed by atoms with Crippen LogP contribution in [-0.4, -0.2) is 24.0 Å². The van der Waals surface area contributed by atoms with Gasteiger partial charge in [0, 0.05) is 18.5 Å². The van der Waals surface area contributed by atoms with E-state index in [0.717, 1.165) is 41.8 Å². The van der Waals surface area contributed by atoms with E-state index in [4.69, 9.17) is 4.99 Å². The number of aromatic nitrogens is 1. The highest BCUT2D eigenvalue weighted by atomic mass is 32.1. The zero-order chi connectivity index (χ0) is 16.2. The minimum absolute atomic E-state index is 0.494. The third kappa shape index (κ3) is 4.93. The Morgan fingerprint density at radius 1 is 1.26 bits per heavy atom. The zero-order valence-corrected chi connectivity index (χ0v) is 15.5. The summed E-state index contributed by atoms with van der Waals surface area (Å²) in [7, 11) is 0. The van der Waals surface area contributed by atoms with Gasteiger partial charge in [0.2, 0.25) is 0 Å². The van der Waals surface area contributed by atoms with Crippen molar-refractivity contribution in [2.24, 2.45) is 22.7 Å². The van der Waals surface area contributed by atoms with Crippen LogP contribution in [-0.2, 0) is 6.54 Å². The van der Waals surface area contributed by atoms with Crippen LogP contribution in [0.25, 0.3) is 0 Å². The fourth-order valence-corrected chi connectivity index (χ4v) is 4.01. The molecule has 5 heteroatoms. The average Bonchev–Trinajstić information content (AvgIpc) is 3.45. The highest BCUT2D eigenvalue weighted by Crippen LogP contribution is 2.48. The minimum atomic E-state index is 0.494. The number of guanidine groups is 1. The van der Waals surface area contributed by atoms with Crippen LogP contribution >= 0.6 is 11.3 Å². The maximum absolute atomic E-state index is 4.73. The summed E-state index contributed by atoms with van der Waals surface area (Å²) >= 11 is 1.72. The molecule has 4 nitrogen and oxygen atoms in total. The summed E-state index contributed by atoms with van der Waals surface area (Å²) in [6.07, 6.45) is 5.75. The van der Waals surface area contributed by atoms with E-state index in [-0.39, 0.29) is 0 Å². The van der Waals surface area contributed by atoms with Gasteiger partial charge in [-0.25, -0.2) is 9.98 Å². The lowest BCUT2D eigenvalue weighted by Gasteiger charge is -2.18. The quantitative estimate of drug-likeness (QED) is 0.562. The van der Waals surface area contributed by atoms with Gasteiger partial charge < -0.3 is 10.6 Å². The molecule has 1 aromatic rings. The summed E-state index contributed by atoms with van der Waals surface area (Å²) in [5.74, 6) is 4.26. The largest absolute Gasteiger partial charge is 0.357 e. The number of hydrogen-bond acceptors (Lipinski definition) is 3. The molecule has 128 valence electrons. The first kappa shape index (κ1) is 16.7. The van der Waals surface area contributed by atoms with E-state index in [0.29, 0.717) is 12.5 Å². The van der Waals surface area contributed by atoms with E-state index < -0.39 is 0 Å². The molecule has 2 aliphatic carbocycles. The molecule has 2 saturated carbocycles. The van der Waals surface area contributed by atoms with Crippen molar-refractivity contribution in [3.63, 3.8) is 0 Å². The second kappa shape index (κ2) is 7.65. The van der Waals surface area contributed by atoms with Crippen molar-refractivity contribution in [3.05, 3.63) is 16.1 Å². The predicted octanol–water partition coefficient (Wildman–Crippen LogP) is 3.76. The molecule has 0 radical (unpaired) electrons. The van der Waals surface area contributed by atoms with Gasteiger partial charge in [0.05, 0.1) is 12.2 Å². The Kier molecular flexibility index (Phi) is 5.57. The smallest absolute Gasteiger partial charge is 0.191 e. The summed E-state index contributed by atoms with van der Waals surface area (Å²) in [5.41, 5.74) is 1.18. The Bertz CT molecular complexity index is 517. The molecule has 2 N–H and O–H groups in total. The lowest BCUT2D eigenvalue weighted by molar-refractivity contribution is 0.400. The first-order valence-corrected chi connectivity index (χ1v) is 10.0. The van der Waals surface area contributed by atoms with Gasteiger partial charge >= 0.3 is 0 Å². The first-order valence-electron chi connectivity index (χ1n) is 9.13. The van der Waals surface area contributed by atoms with E-state index in [9.17, 15) is 0 Å². The molecule has 23 heavy (non-hydrogen) atoms. The van der Waals surface area contributed by atoms with Crippen molar-refractivity contribution < 1.29 is 0 Å². The monoisotopic (exact) mass is 334 g/mol. The molecule has 3 rings (SSSR count). The molecule has 0 amide bonds. The third-order valence-corrected chi connectivity index (χ3v) is 5.69. The fourth-order valence-electron chi connectivity index (χ4n) is 3.13. The molecule has 0 bridgehead atoms. The van der Waals surface area contributed by atoms with Crippen molar-refractivity contribution in [2.45, 2.75) is 58.9 Å². The number of nitrogens with one attached hydrogen (secondary N) is 2. The van der Waals surface area contributed by atoms with Crippen molar-refractivity contribution in [2.75, 3.05) is 13.1 Å². The molecule has 0 saturated heterocycles. The SMILES string of the molecule is CCNC(=NCc1nc(C(C)C)cs1)NCC(C1CC1)C1CC1. The first-order chi connectivity index (χ1) is 11.2. The van der Waals surface area contributed by atoms with Crippen molar-refractivity contribution >= 4 is 17.3 Å². The molecule has 0 atom stereocenters. The number of aliphatic imine (C=N–C) groups is 1. The molecule has 1 heterocycles. The van der Waals surface area contributed by atoms with Crippen LogP contribution in [0, 0.1) is 17.8 Å². The van der Waals surface area contributed by atoms with Gasteiger partial charge in [0.1, 0.15) is 5.01 Å². The second-order valence-corrected chi connectivity index (χ2v) is 8.18. The average molecular weight is 335 g/mol. The van der Waals surface area contributed by atoms with Crippen LogP contribution in [0.2, 0.25) is 0 Å². The van der Waals surface area contributed by atoms with Crippen LogP contribution in [0.1, 0.15) is 63.1 Å². The van der Waals surface area contributed by atoms with Gasteiger partial charge in [-0.1, -0.05) is 13.8 Å². The Balaban J connectivity index is 1.53. The van der Waals surface area contributed by atoms with Crippen molar-refractivity contribution in [1.82, 2.24) is 15.6 Å². The minimum Gasteiger partial charge on any atom is -0.357 e. The molecule has 0 aromatic carbocycles. The lowest BCUT2D eigenvalue weighted by atomic mass is 9.98. The lowest BCUT2D eigenvalue weighted by Crippen LogP contribution is -2.40. The van der Waals surface area contributed by atoms with Crippen LogP contribution in [0.5, 0.6) is 0 Å². The fraction of sp³-hybridized carbons (Fsp3) is 0.778. The molecular formula is C18H30N4S. The summed E-state index contributed by atoms with van der Waals surface area (Å²) in [6.45, 7) is 9.14. The van der Waals surface area contributed by atoms with Gasteiger partial charge in [-0.05, 0) is 56.3 Å². The maximum Gasteiger partial charge on any atom is 0.191 e. The van der Waals surface area contributed by atoms with Gasteiger partial charge in [0.15, 0.2) is 5.96 Å². The van der Waals surface area contributed by atoms with E-state index in [2.05, 4.69) is 41.8 Å². The molecule has 1 aromatic heterocycles. The highest BCUT2D eigenvalue weighted by molar-refractivity contribution is 7.09. The third-order valence-electron chi connectivity index (χ3n) is 4.84. The van der Waals surface area contributed by atoms with E-state index in [1.54, 1.807) is 11.3 Å². The summed E-state index contributed by atoms with van der Waals surface area (Å²) in [4.78, 5) is 9.40. The molecule has 0 aliphatic heterocycles. The summed E-state index contributed by atoms with van der Waals surface area (Å²) < 4.78 is 0. The Hall–Kier alpha value is -1.10. The van der Waals surface area contributed by atoms with E-state index >= 15 is 0 Å². The Morgan fingerprint density at radius 2 is 1.96 bits per heavy atom. The summed E-state index contributed by atoms with van der Waals surface area (Å²) in [5, 5.41) is 10.2. The topological polar surface area (TPSA) is 49.3 Å². The van der Waals surface area contributed by atoms with Crippen LogP contribution in [0.4, 0.5) is 0 Å². The molecule has 2 fully saturated rings. The molecular weight excluding hydrogens is 304 g/mol. The Morgan fingerprint density at radius 3 is 2.48 bits per heavy atom. The predicted molar refractivity (Wildman–Crippen MR) is 98.0 cm³/mol. The molecule has 2 aliphatic rings. The number of thiazole rings is 1. The molecule has 0 spiro atoms. The highest BCUT2D eigenvalue weighted by Gasteiger charge is 2.41.